The van der Waals surface area contributed by atoms with Gasteiger partial charge in [0.1, 0.15) is 11.4 Å². The highest BCUT2D eigenvalue weighted by Crippen LogP contribution is 2.31. The lowest BCUT2D eigenvalue weighted by atomic mass is 10.1. The SMILES string of the molecule is CCCNCc1ncoc1-c1ccccc1OC. The van der Waals surface area contributed by atoms with E-state index in [9.17, 15) is 0 Å². The van der Waals surface area contributed by atoms with Crippen LogP contribution in [0.2, 0.25) is 0 Å². The van der Waals surface area contributed by atoms with Crippen molar-refractivity contribution in [3.8, 4) is 17.1 Å². The van der Waals surface area contributed by atoms with Crippen molar-refractivity contribution in [1.29, 1.82) is 0 Å². The van der Waals surface area contributed by atoms with Gasteiger partial charge in [0.2, 0.25) is 0 Å². The van der Waals surface area contributed by atoms with Crippen molar-refractivity contribution in [3.63, 3.8) is 0 Å². The topological polar surface area (TPSA) is 47.3 Å². The van der Waals surface area contributed by atoms with Crippen LogP contribution in [0.3, 0.4) is 0 Å². The van der Waals surface area contributed by atoms with Gasteiger partial charge in [0.25, 0.3) is 0 Å². The molecular weight excluding hydrogens is 228 g/mol. The molecule has 0 aliphatic heterocycles. The molecule has 0 spiro atoms. The summed E-state index contributed by atoms with van der Waals surface area (Å²) in [7, 11) is 1.66. The second-order valence-electron chi connectivity index (χ2n) is 4.01. The first kappa shape index (κ1) is 12.6. The molecule has 0 bridgehead atoms. The molecule has 0 saturated heterocycles. The van der Waals surface area contributed by atoms with Crippen molar-refractivity contribution in [3.05, 3.63) is 36.4 Å². The number of nitrogens with zero attached hydrogens (tertiary/aromatic N) is 1. The predicted octanol–water partition coefficient (Wildman–Crippen LogP) is 2.85. The number of benzene rings is 1. The van der Waals surface area contributed by atoms with E-state index in [1.807, 2.05) is 24.3 Å². The molecule has 0 atom stereocenters. The Kier molecular flexibility index (Phi) is 4.36. The first-order valence-corrected chi connectivity index (χ1v) is 6.13. The molecule has 0 saturated carbocycles. The smallest absolute Gasteiger partial charge is 0.181 e. The number of ether oxygens (including phenoxy) is 1. The molecule has 0 aliphatic carbocycles. The molecule has 0 amide bonds. The molecule has 2 rings (SSSR count). The molecule has 0 radical (unpaired) electrons. The fourth-order valence-corrected chi connectivity index (χ4v) is 1.83. The third-order valence-corrected chi connectivity index (χ3v) is 2.71. The molecule has 2 aromatic rings. The van der Waals surface area contributed by atoms with E-state index in [4.69, 9.17) is 9.15 Å². The minimum atomic E-state index is 0.706. The van der Waals surface area contributed by atoms with Gasteiger partial charge in [-0.2, -0.15) is 0 Å². The third kappa shape index (κ3) is 2.71. The van der Waals surface area contributed by atoms with Gasteiger partial charge in [-0.25, -0.2) is 4.98 Å². The largest absolute Gasteiger partial charge is 0.496 e. The number of aromatic nitrogens is 1. The van der Waals surface area contributed by atoms with Crippen molar-refractivity contribution in [1.82, 2.24) is 10.3 Å². The molecule has 18 heavy (non-hydrogen) atoms. The van der Waals surface area contributed by atoms with Crippen LogP contribution in [0, 0.1) is 0 Å². The molecule has 1 N–H and O–H groups in total. The van der Waals surface area contributed by atoms with Crippen molar-refractivity contribution < 1.29 is 9.15 Å². The van der Waals surface area contributed by atoms with Gasteiger partial charge < -0.3 is 14.5 Å². The Bertz CT molecular complexity index is 494. The van der Waals surface area contributed by atoms with Crippen LogP contribution in [-0.2, 0) is 6.54 Å². The molecule has 0 unspecified atom stereocenters. The second kappa shape index (κ2) is 6.21. The quantitative estimate of drug-likeness (QED) is 0.796. The first-order chi connectivity index (χ1) is 8.86. The monoisotopic (exact) mass is 246 g/mol. The van der Waals surface area contributed by atoms with E-state index >= 15 is 0 Å². The van der Waals surface area contributed by atoms with Gasteiger partial charge in [-0.05, 0) is 25.1 Å². The molecule has 4 heteroatoms. The van der Waals surface area contributed by atoms with Crippen molar-refractivity contribution in [2.75, 3.05) is 13.7 Å². The van der Waals surface area contributed by atoms with Crippen LogP contribution in [0.1, 0.15) is 19.0 Å². The number of methoxy groups -OCH3 is 1. The highest BCUT2D eigenvalue weighted by molar-refractivity contribution is 5.67. The highest BCUT2D eigenvalue weighted by atomic mass is 16.5. The Hall–Kier alpha value is -1.81. The summed E-state index contributed by atoms with van der Waals surface area (Å²) in [5.74, 6) is 1.57. The van der Waals surface area contributed by atoms with E-state index in [0.29, 0.717) is 6.54 Å². The van der Waals surface area contributed by atoms with Gasteiger partial charge in [0.05, 0.1) is 12.7 Å². The van der Waals surface area contributed by atoms with Crippen LogP contribution in [0.4, 0.5) is 0 Å². The Balaban J connectivity index is 2.25. The van der Waals surface area contributed by atoms with Crippen LogP contribution >= 0.6 is 0 Å². The summed E-state index contributed by atoms with van der Waals surface area (Å²) in [6.45, 7) is 3.81. The third-order valence-electron chi connectivity index (χ3n) is 2.71. The van der Waals surface area contributed by atoms with E-state index in [0.717, 1.165) is 35.7 Å². The predicted molar refractivity (Wildman–Crippen MR) is 70.5 cm³/mol. The van der Waals surface area contributed by atoms with Gasteiger partial charge in [-0.3, -0.25) is 0 Å². The van der Waals surface area contributed by atoms with Gasteiger partial charge >= 0.3 is 0 Å². The minimum absolute atomic E-state index is 0.706. The van der Waals surface area contributed by atoms with E-state index in [2.05, 4.69) is 17.2 Å². The molecule has 1 heterocycles. The lowest BCUT2D eigenvalue weighted by Crippen LogP contribution is -2.14. The van der Waals surface area contributed by atoms with Crippen LogP contribution < -0.4 is 10.1 Å². The summed E-state index contributed by atoms with van der Waals surface area (Å²) < 4.78 is 10.8. The summed E-state index contributed by atoms with van der Waals surface area (Å²) in [6.07, 6.45) is 2.58. The number of oxazole rings is 1. The van der Waals surface area contributed by atoms with Crippen LogP contribution in [0.25, 0.3) is 11.3 Å². The summed E-state index contributed by atoms with van der Waals surface area (Å²) in [5, 5.41) is 3.32. The average Bonchev–Trinajstić information content (AvgIpc) is 2.87. The number of hydrogen-bond acceptors (Lipinski definition) is 4. The van der Waals surface area contributed by atoms with Gasteiger partial charge in [0, 0.05) is 6.54 Å². The summed E-state index contributed by atoms with van der Waals surface area (Å²) in [5.41, 5.74) is 1.85. The van der Waals surface area contributed by atoms with Gasteiger partial charge in [0.15, 0.2) is 12.2 Å². The number of para-hydroxylation sites is 1. The van der Waals surface area contributed by atoms with Crippen molar-refractivity contribution in [2.45, 2.75) is 19.9 Å². The molecule has 96 valence electrons. The molecule has 0 fully saturated rings. The van der Waals surface area contributed by atoms with E-state index < -0.39 is 0 Å². The van der Waals surface area contributed by atoms with E-state index in [1.165, 1.54) is 6.39 Å². The van der Waals surface area contributed by atoms with Crippen LogP contribution in [0.15, 0.2) is 35.1 Å². The first-order valence-electron chi connectivity index (χ1n) is 6.13. The molecule has 1 aromatic heterocycles. The Morgan fingerprint density at radius 2 is 2.17 bits per heavy atom. The summed E-state index contributed by atoms with van der Waals surface area (Å²) in [4.78, 5) is 4.26. The standard InChI is InChI=1S/C14H18N2O2/c1-3-8-15-9-12-14(18-10-16-12)11-6-4-5-7-13(11)17-2/h4-7,10,15H,3,8-9H2,1-2H3. The fourth-order valence-electron chi connectivity index (χ4n) is 1.83. The zero-order chi connectivity index (χ0) is 12.8. The maximum absolute atomic E-state index is 5.49. The Labute approximate surface area is 107 Å². The van der Waals surface area contributed by atoms with E-state index in [1.54, 1.807) is 7.11 Å². The minimum Gasteiger partial charge on any atom is -0.496 e. The van der Waals surface area contributed by atoms with Gasteiger partial charge in [-0.1, -0.05) is 19.1 Å². The fraction of sp³-hybridized carbons (Fsp3) is 0.357. The maximum atomic E-state index is 5.49. The number of nitrogens with one attached hydrogen (secondary N) is 1. The summed E-state index contributed by atoms with van der Waals surface area (Å²) in [6, 6.07) is 7.79. The Morgan fingerprint density at radius 1 is 1.33 bits per heavy atom. The number of hydrogen-bond donors (Lipinski definition) is 1. The molecule has 1 aromatic carbocycles. The molecule has 4 nitrogen and oxygen atoms in total. The van der Waals surface area contributed by atoms with Gasteiger partial charge in [-0.15, -0.1) is 0 Å². The molecular formula is C14H18N2O2. The zero-order valence-electron chi connectivity index (χ0n) is 10.8. The second-order valence-corrected chi connectivity index (χ2v) is 4.01. The van der Waals surface area contributed by atoms with Crippen molar-refractivity contribution >= 4 is 0 Å². The lowest BCUT2D eigenvalue weighted by Gasteiger charge is -2.07. The number of rotatable bonds is 6. The molecule has 0 aliphatic rings. The zero-order valence-corrected chi connectivity index (χ0v) is 10.8. The van der Waals surface area contributed by atoms with Crippen LogP contribution in [-0.4, -0.2) is 18.6 Å². The highest BCUT2D eigenvalue weighted by Gasteiger charge is 2.14. The maximum Gasteiger partial charge on any atom is 0.181 e. The lowest BCUT2D eigenvalue weighted by molar-refractivity contribution is 0.414. The van der Waals surface area contributed by atoms with E-state index in [-0.39, 0.29) is 0 Å². The van der Waals surface area contributed by atoms with Crippen LogP contribution in [0.5, 0.6) is 5.75 Å². The average molecular weight is 246 g/mol. The summed E-state index contributed by atoms with van der Waals surface area (Å²) >= 11 is 0. The Morgan fingerprint density at radius 3 is 2.94 bits per heavy atom. The van der Waals surface area contributed by atoms with Crippen molar-refractivity contribution in [2.24, 2.45) is 0 Å². The normalized spacial score (nSPS) is 10.6.